The lowest BCUT2D eigenvalue weighted by Crippen LogP contribution is -2.43. The van der Waals surface area contributed by atoms with Gasteiger partial charge in [0.15, 0.2) is 0 Å². The van der Waals surface area contributed by atoms with Crippen LogP contribution in [0.1, 0.15) is 40.5 Å². The molecule has 1 N–H and O–H groups in total. The van der Waals surface area contributed by atoms with Gasteiger partial charge in [-0.2, -0.15) is 0 Å². The van der Waals surface area contributed by atoms with Crippen LogP contribution in [-0.4, -0.2) is 68.6 Å². The second-order valence-electron chi connectivity index (χ2n) is 6.14. The smallest absolute Gasteiger partial charge is 0.260 e. The highest BCUT2D eigenvalue weighted by Crippen LogP contribution is 2.26. The van der Waals surface area contributed by atoms with E-state index in [2.05, 4.69) is 31.1 Å². The van der Waals surface area contributed by atoms with Crippen LogP contribution in [0.15, 0.2) is 0 Å². The first-order valence-electron chi connectivity index (χ1n) is 8.38. The minimum Gasteiger partial charge on any atom is -0.314 e. The van der Waals surface area contributed by atoms with Crippen LogP contribution < -0.4 is 5.32 Å². The van der Waals surface area contributed by atoms with E-state index < -0.39 is 5.92 Å². The first kappa shape index (κ1) is 20.7. The Morgan fingerprint density at radius 2 is 1.67 bits per heavy atom. The van der Waals surface area contributed by atoms with E-state index in [9.17, 15) is 8.78 Å². The normalized spacial score (nSPS) is 22.9. The fraction of sp³-hybridized carbons (Fsp3) is 1.00. The summed E-state index contributed by atoms with van der Waals surface area (Å²) in [6.07, 6.45) is 0.710. The zero-order valence-corrected chi connectivity index (χ0v) is 14.6. The molecule has 5 heteroatoms. The molecule has 3 nitrogen and oxygen atoms in total. The molecule has 0 aromatic heterocycles. The standard InChI is InChI=1S/C9H17F2N.C5H12N2.C2H6/c1-8(2)6-12-5-3-4-9(10,11)7-12;1-7-4-2-6-3-5-7;1-2/h8H,3-7H2,1-2H3;6H,2-5H2,1H3;1-2H3. The average molecular weight is 307 g/mol. The van der Waals surface area contributed by atoms with E-state index in [1.807, 2.05) is 18.7 Å². The first-order valence-corrected chi connectivity index (χ1v) is 8.38. The van der Waals surface area contributed by atoms with Crippen molar-refractivity contribution in [3.05, 3.63) is 0 Å². The number of likely N-dealkylation sites (N-methyl/N-ethyl adjacent to an activating group) is 1. The molecule has 2 rings (SSSR count). The molecule has 0 aliphatic carbocycles. The van der Waals surface area contributed by atoms with Gasteiger partial charge in [-0.1, -0.05) is 27.7 Å². The first-order chi connectivity index (χ1) is 9.89. The highest BCUT2D eigenvalue weighted by atomic mass is 19.3. The molecular weight excluding hydrogens is 272 g/mol. The van der Waals surface area contributed by atoms with E-state index in [0.29, 0.717) is 12.3 Å². The van der Waals surface area contributed by atoms with Crippen molar-refractivity contribution in [3.63, 3.8) is 0 Å². The molecule has 2 aliphatic heterocycles. The van der Waals surface area contributed by atoms with Gasteiger partial charge in [0.05, 0.1) is 6.54 Å². The zero-order valence-electron chi connectivity index (χ0n) is 14.6. The van der Waals surface area contributed by atoms with Crippen LogP contribution in [0.3, 0.4) is 0 Å². The Hall–Kier alpha value is -0.260. The maximum absolute atomic E-state index is 12.9. The summed E-state index contributed by atoms with van der Waals surface area (Å²) in [6, 6.07) is 0. The van der Waals surface area contributed by atoms with E-state index in [1.54, 1.807) is 0 Å². The third kappa shape index (κ3) is 11.0. The molecule has 0 bridgehead atoms. The predicted molar refractivity (Wildman–Crippen MR) is 87.2 cm³/mol. The average Bonchev–Trinajstić information content (AvgIpc) is 2.40. The van der Waals surface area contributed by atoms with Crippen molar-refractivity contribution >= 4 is 0 Å². The highest BCUT2D eigenvalue weighted by Gasteiger charge is 2.34. The summed E-state index contributed by atoms with van der Waals surface area (Å²) in [5.74, 6) is -1.95. The maximum Gasteiger partial charge on any atom is 0.260 e. The summed E-state index contributed by atoms with van der Waals surface area (Å²) in [4.78, 5) is 4.20. The Bertz CT molecular complexity index is 242. The molecule has 0 aromatic rings. The summed E-state index contributed by atoms with van der Waals surface area (Å²) in [7, 11) is 2.15. The highest BCUT2D eigenvalue weighted by molar-refractivity contribution is 4.78. The van der Waals surface area contributed by atoms with Crippen LogP contribution in [0.5, 0.6) is 0 Å². The third-order valence-corrected chi connectivity index (χ3v) is 3.44. The number of piperidine rings is 1. The van der Waals surface area contributed by atoms with Crippen LogP contribution in [0.4, 0.5) is 8.78 Å². The van der Waals surface area contributed by atoms with Gasteiger partial charge in [0.2, 0.25) is 0 Å². The number of piperazine rings is 1. The molecule has 21 heavy (non-hydrogen) atoms. The monoisotopic (exact) mass is 307 g/mol. The number of hydrogen-bond acceptors (Lipinski definition) is 3. The van der Waals surface area contributed by atoms with Gasteiger partial charge in [-0.15, -0.1) is 0 Å². The van der Waals surface area contributed by atoms with Crippen LogP contribution in [0.2, 0.25) is 0 Å². The van der Waals surface area contributed by atoms with Gasteiger partial charge in [-0.05, 0) is 25.9 Å². The van der Waals surface area contributed by atoms with Gasteiger partial charge >= 0.3 is 0 Å². The quantitative estimate of drug-likeness (QED) is 0.846. The predicted octanol–water partition coefficient (Wildman–Crippen LogP) is 2.92. The number of nitrogens with one attached hydrogen (secondary N) is 1. The molecular formula is C16H35F2N3. The van der Waals surface area contributed by atoms with Crippen molar-refractivity contribution in [2.75, 3.05) is 52.9 Å². The molecule has 0 aromatic carbocycles. The molecule has 2 aliphatic rings. The summed E-state index contributed by atoms with van der Waals surface area (Å²) in [6.45, 7) is 14.5. The van der Waals surface area contributed by atoms with Crippen LogP contribution in [0.25, 0.3) is 0 Å². The molecule has 0 atom stereocenters. The summed E-state index contributed by atoms with van der Waals surface area (Å²) >= 11 is 0. The van der Waals surface area contributed by atoms with Crippen molar-refractivity contribution in [1.82, 2.24) is 15.1 Å². The lowest BCUT2D eigenvalue weighted by molar-refractivity contribution is -0.0660. The fourth-order valence-corrected chi connectivity index (χ4v) is 2.50. The minimum absolute atomic E-state index is 0.0365. The summed E-state index contributed by atoms with van der Waals surface area (Å²) in [5, 5.41) is 3.27. The Kier molecular flexibility index (Phi) is 11.2. The van der Waals surface area contributed by atoms with Crippen molar-refractivity contribution in [2.45, 2.75) is 46.5 Å². The second-order valence-corrected chi connectivity index (χ2v) is 6.14. The van der Waals surface area contributed by atoms with E-state index in [1.165, 1.54) is 13.1 Å². The van der Waals surface area contributed by atoms with Gasteiger partial charge in [0, 0.05) is 39.1 Å². The van der Waals surface area contributed by atoms with Crippen molar-refractivity contribution in [3.8, 4) is 0 Å². The van der Waals surface area contributed by atoms with Crippen LogP contribution in [-0.2, 0) is 0 Å². The molecule has 0 amide bonds. The van der Waals surface area contributed by atoms with Gasteiger partial charge in [-0.25, -0.2) is 8.78 Å². The van der Waals surface area contributed by atoms with Gasteiger partial charge < -0.3 is 10.2 Å². The zero-order chi connectivity index (χ0) is 16.3. The molecule has 0 saturated carbocycles. The molecule has 128 valence electrons. The Morgan fingerprint density at radius 3 is 2.05 bits per heavy atom. The molecule has 2 saturated heterocycles. The van der Waals surface area contributed by atoms with E-state index in [-0.39, 0.29) is 13.0 Å². The number of likely N-dealkylation sites (tertiary alicyclic amines) is 1. The number of hydrogen-bond donors (Lipinski definition) is 1. The van der Waals surface area contributed by atoms with Crippen molar-refractivity contribution in [2.24, 2.45) is 5.92 Å². The largest absolute Gasteiger partial charge is 0.314 e. The molecule has 2 heterocycles. The Labute approximate surface area is 130 Å². The lowest BCUT2D eigenvalue weighted by Gasteiger charge is -2.33. The molecule has 0 spiro atoms. The summed E-state index contributed by atoms with van der Waals surface area (Å²) < 4.78 is 25.7. The van der Waals surface area contributed by atoms with Gasteiger partial charge in [0.25, 0.3) is 5.92 Å². The molecule has 0 radical (unpaired) electrons. The Morgan fingerprint density at radius 1 is 1.10 bits per heavy atom. The topological polar surface area (TPSA) is 18.5 Å². The van der Waals surface area contributed by atoms with Gasteiger partial charge in [0.1, 0.15) is 0 Å². The number of alkyl halides is 2. The van der Waals surface area contributed by atoms with Crippen LogP contribution in [0, 0.1) is 5.92 Å². The second kappa shape index (κ2) is 11.3. The number of nitrogens with zero attached hydrogens (tertiary/aromatic N) is 2. The lowest BCUT2D eigenvalue weighted by atomic mass is 10.1. The fourth-order valence-electron chi connectivity index (χ4n) is 2.50. The van der Waals surface area contributed by atoms with Crippen molar-refractivity contribution < 1.29 is 8.78 Å². The van der Waals surface area contributed by atoms with E-state index >= 15 is 0 Å². The van der Waals surface area contributed by atoms with E-state index in [4.69, 9.17) is 0 Å². The third-order valence-electron chi connectivity index (χ3n) is 3.44. The molecule has 0 unspecified atom stereocenters. The SMILES string of the molecule is CC.CC(C)CN1CCCC(F)(F)C1.CN1CCNCC1. The van der Waals surface area contributed by atoms with Gasteiger partial charge in [-0.3, -0.25) is 4.90 Å². The van der Waals surface area contributed by atoms with Crippen LogP contribution >= 0.6 is 0 Å². The number of halogens is 2. The summed E-state index contributed by atoms with van der Waals surface area (Å²) in [5.41, 5.74) is 0. The maximum atomic E-state index is 12.9. The van der Waals surface area contributed by atoms with Crippen molar-refractivity contribution in [1.29, 1.82) is 0 Å². The minimum atomic E-state index is -2.44. The van der Waals surface area contributed by atoms with E-state index in [0.717, 1.165) is 26.2 Å². The molecule has 2 fully saturated rings. The Balaban J connectivity index is 0.000000377. The number of rotatable bonds is 2.